The Hall–Kier alpha value is -2.14. The van der Waals surface area contributed by atoms with Crippen molar-refractivity contribution < 1.29 is 0 Å². The third-order valence-electron chi connectivity index (χ3n) is 5.38. The van der Waals surface area contributed by atoms with Crippen LogP contribution in [0, 0.1) is 0 Å². The summed E-state index contributed by atoms with van der Waals surface area (Å²) in [5, 5.41) is 5.85. The Morgan fingerprint density at radius 2 is 1.81 bits per heavy atom. The van der Waals surface area contributed by atoms with E-state index >= 15 is 0 Å². The number of para-hydroxylation sites is 1. The van der Waals surface area contributed by atoms with E-state index in [1.54, 1.807) is 6.07 Å². The van der Waals surface area contributed by atoms with Crippen LogP contribution in [0.5, 0.6) is 0 Å². The zero-order valence-electron chi connectivity index (χ0n) is 18.4. The van der Waals surface area contributed by atoms with Gasteiger partial charge in [-0.1, -0.05) is 55.2 Å². The monoisotopic (exact) mass is 456 g/mol. The van der Waals surface area contributed by atoms with E-state index in [-0.39, 0.29) is 0 Å². The Kier molecular flexibility index (Phi) is 8.70. The van der Waals surface area contributed by atoms with E-state index < -0.39 is 0 Å². The maximum Gasteiger partial charge on any atom is 0.154 e. The summed E-state index contributed by atoms with van der Waals surface area (Å²) in [5.74, 6) is 1.50. The van der Waals surface area contributed by atoms with E-state index in [2.05, 4.69) is 37.1 Å². The zero-order chi connectivity index (χ0) is 22.2. The lowest BCUT2D eigenvalue weighted by Crippen LogP contribution is -2.25. The molecule has 0 spiro atoms. The maximum atomic E-state index is 6.29. The molecule has 1 atom stereocenters. The highest BCUT2D eigenvalue weighted by molar-refractivity contribution is 6.35. The number of aromatic nitrogens is 2. The summed E-state index contributed by atoms with van der Waals surface area (Å²) in [6.45, 7) is 9.96. The van der Waals surface area contributed by atoms with Crippen molar-refractivity contribution in [3.63, 3.8) is 0 Å². The number of benzene rings is 2. The van der Waals surface area contributed by atoms with Crippen molar-refractivity contribution in [3.8, 4) is 0 Å². The lowest BCUT2D eigenvalue weighted by Gasteiger charge is -2.20. The number of hydrogen-bond donors (Lipinski definition) is 1. The number of nitrogens with zero attached hydrogens (tertiary/aromatic N) is 3. The van der Waals surface area contributed by atoms with Crippen molar-refractivity contribution in [2.45, 2.75) is 39.7 Å². The second-order valence-corrected chi connectivity index (χ2v) is 8.50. The van der Waals surface area contributed by atoms with Crippen LogP contribution >= 0.6 is 23.2 Å². The van der Waals surface area contributed by atoms with E-state index in [0.29, 0.717) is 21.9 Å². The predicted octanol–water partition coefficient (Wildman–Crippen LogP) is 7.03. The summed E-state index contributed by atoms with van der Waals surface area (Å²) in [7, 11) is 0. The van der Waals surface area contributed by atoms with Gasteiger partial charge in [0.1, 0.15) is 5.82 Å². The minimum atomic E-state index is 0.316. The molecule has 0 fully saturated rings. The van der Waals surface area contributed by atoms with Gasteiger partial charge in [-0.3, -0.25) is 0 Å². The first kappa shape index (κ1) is 23.5. The summed E-state index contributed by atoms with van der Waals surface area (Å²) in [6, 6.07) is 13.8. The molecule has 3 aromatic rings. The van der Waals surface area contributed by atoms with Crippen LogP contribution < -0.4 is 5.32 Å². The largest absolute Gasteiger partial charge is 0.367 e. The zero-order valence-corrected chi connectivity index (χ0v) is 19.9. The van der Waals surface area contributed by atoms with Gasteiger partial charge in [0.25, 0.3) is 0 Å². The van der Waals surface area contributed by atoms with Crippen LogP contribution in [0.4, 0.5) is 5.82 Å². The predicted molar refractivity (Wildman–Crippen MR) is 135 cm³/mol. The second kappa shape index (κ2) is 11.5. The van der Waals surface area contributed by atoms with Crippen LogP contribution in [0.2, 0.25) is 10.0 Å². The van der Waals surface area contributed by atoms with E-state index in [1.165, 1.54) is 0 Å². The van der Waals surface area contributed by atoms with Gasteiger partial charge in [0.2, 0.25) is 0 Å². The summed E-state index contributed by atoms with van der Waals surface area (Å²) in [4.78, 5) is 11.9. The SMILES string of the molecule is CCN(CC)CCCC(C)Nc1nc(C=Cc2ccc(Cl)cc2Cl)nc2ccccc12. The number of fused-ring (bicyclic) bond motifs is 1. The van der Waals surface area contributed by atoms with E-state index in [9.17, 15) is 0 Å². The van der Waals surface area contributed by atoms with E-state index in [0.717, 1.165) is 54.8 Å². The van der Waals surface area contributed by atoms with Crippen LogP contribution in [0.3, 0.4) is 0 Å². The lowest BCUT2D eigenvalue weighted by atomic mass is 10.1. The van der Waals surface area contributed by atoms with Gasteiger partial charge in [-0.2, -0.15) is 0 Å². The highest BCUT2D eigenvalue weighted by Crippen LogP contribution is 2.25. The Balaban J connectivity index is 1.78. The fraction of sp³-hybridized carbons (Fsp3) is 0.360. The first-order valence-corrected chi connectivity index (χ1v) is 11.6. The number of nitrogens with one attached hydrogen (secondary N) is 1. The molecule has 1 aromatic heterocycles. The van der Waals surface area contributed by atoms with Gasteiger partial charge in [0.15, 0.2) is 5.82 Å². The molecular weight excluding hydrogens is 427 g/mol. The topological polar surface area (TPSA) is 41.0 Å². The Morgan fingerprint density at radius 1 is 1.03 bits per heavy atom. The standard InChI is InChI=1S/C25H30Cl2N4/c1-4-31(5-2)16-8-9-18(3)28-25-21-10-6-7-11-23(21)29-24(30-25)15-13-19-12-14-20(26)17-22(19)27/h6-7,10-15,17-18H,4-5,8-9,16H2,1-3H3,(H,28,29,30). The van der Waals surface area contributed by atoms with Crippen molar-refractivity contribution in [2.75, 3.05) is 25.0 Å². The number of anilines is 1. The third-order valence-corrected chi connectivity index (χ3v) is 5.95. The van der Waals surface area contributed by atoms with Crippen molar-refractivity contribution in [1.82, 2.24) is 14.9 Å². The minimum Gasteiger partial charge on any atom is -0.367 e. The highest BCUT2D eigenvalue weighted by Gasteiger charge is 2.10. The first-order chi connectivity index (χ1) is 15.0. The molecule has 0 aliphatic carbocycles. The number of hydrogen-bond acceptors (Lipinski definition) is 4. The van der Waals surface area contributed by atoms with Crippen molar-refractivity contribution >= 4 is 52.1 Å². The van der Waals surface area contributed by atoms with Gasteiger partial charge in [-0.25, -0.2) is 9.97 Å². The first-order valence-electron chi connectivity index (χ1n) is 10.9. The smallest absolute Gasteiger partial charge is 0.154 e. The molecular formula is C25H30Cl2N4. The maximum absolute atomic E-state index is 6.29. The lowest BCUT2D eigenvalue weighted by molar-refractivity contribution is 0.295. The summed E-state index contributed by atoms with van der Waals surface area (Å²) in [5.41, 5.74) is 1.79. The molecule has 0 radical (unpaired) electrons. The molecule has 0 bridgehead atoms. The van der Waals surface area contributed by atoms with Crippen molar-refractivity contribution in [1.29, 1.82) is 0 Å². The molecule has 0 amide bonds. The highest BCUT2D eigenvalue weighted by atomic mass is 35.5. The van der Waals surface area contributed by atoms with Crippen molar-refractivity contribution in [3.05, 3.63) is 63.9 Å². The fourth-order valence-corrected chi connectivity index (χ4v) is 4.02. The molecule has 6 heteroatoms. The van der Waals surface area contributed by atoms with Crippen molar-refractivity contribution in [2.24, 2.45) is 0 Å². The van der Waals surface area contributed by atoms with Gasteiger partial charge in [0, 0.05) is 21.5 Å². The van der Waals surface area contributed by atoms with Crippen LogP contribution in [0.15, 0.2) is 42.5 Å². The average molecular weight is 457 g/mol. The van der Waals surface area contributed by atoms with E-state index in [1.807, 2.05) is 42.5 Å². The van der Waals surface area contributed by atoms with Gasteiger partial charge in [0.05, 0.1) is 5.52 Å². The Morgan fingerprint density at radius 3 is 2.55 bits per heavy atom. The Bertz CT molecular complexity index is 1030. The summed E-state index contributed by atoms with van der Waals surface area (Å²) >= 11 is 12.3. The molecule has 0 saturated carbocycles. The summed E-state index contributed by atoms with van der Waals surface area (Å²) < 4.78 is 0. The van der Waals surface area contributed by atoms with Crippen LogP contribution in [-0.2, 0) is 0 Å². The number of halogens is 2. The van der Waals surface area contributed by atoms with Crippen LogP contribution in [0.25, 0.3) is 23.1 Å². The molecule has 2 aromatic carbocycles. The average Bonchev–Trinajstić information content (AvgIpc) is 2.76. The molecule has 3 rings (SSSR count). The molecule has 164 valence electrons. The molecule has 0 aliphatic rings. The molecule has 4 nitrogen and oxygen atoms in total. The van der Waals surface area contributed by atoms with Gasteiger partial charge in [-0.05, 0) is 81.4 Å². The van der Waals surface area contributed by atoms with Crippen LogP contribution in [0.1, 0.15) is 45.0 Å². The van der Waals surface area contributed by atoms with E-state index in [4.69, 9.17) is 33.2 Å². The molecule has 1 N–H and O–H groups in total. The van der Waals surface area contributed by atoms with Gasteiger partial charge < -0.3 is 10.2 Å². The minimum absolute atomic E-state index is 0.316. The Labute approximate surface area is 195 Å². The number of rotatable bonds is 10. The molecule has 0 saturated heterocycles. The van der Waals surface area contributed by atoms with Gasteiger partial charge >= 0.3 is 0 Å². The summed E-state index contributed by atoms with van der Waals surface area (Å²) in [6.07, 6.45) is 6.04. The third kappa shape index (κ3) is 6.67. The fourth-order valence-electron chi connectivity index (χ4n) is 3.55. The second-order valence-electron chi connectivity index (χ2n) is 7.66. The molecule has 1 unspecified atom stereocenters. The quantitative estimate of drug-likeness (QED) is 0.355. The normalized spacial score (nSPS) is 12.7. The van der Waals surface area contributed by atoms with Gasteiger partial charge in [-0.15, -0.1) is 0 Å². The molecule has 31 heavy (non-hydrogen) atoms. The molecule has 1 heterocycles. The molecule has 0 aliphatic heterocycles. The van der Waals surface area contributed by atoms with Crippen LogP contribution in [-0.4, -0.2) is 40.5 Å².